The van der Waals surface area contributed by atoms with Crippen LogP contribution >= 0.6 is 0 Å². The van der Waals surface area contributed by atoms with E-state index in [1.54, 1.807) is 20.8 Å². The van der Waals surface area contributed by atoms with Gasteiger partial charge < -0.3 is 62.1 Å². The molecule has 0 bridgehead atoms. The van der Waals surface area contributed by atoms with E-state index >= 15 is 0 Å². The second kappa shape index (κ2) is 43.4. The van der Waals surface area contributed by atoms with E-state index in [1.807, 2.05) is 226 Å². The fourth-order valence-corrected chi connectivity index (χ4v) is 17.1. The third-order valence-corrected chi connectivity index (χ3v) is 22.7. The lowest BCUT2D eigenvalue weighted by atomic mass is 9.81. The van der Waals surface area contributed by atoms with Crippen molar-refractivity contribution in [3.8, 4) is 0 Å². The van der Waals surface area contributed by atoms with Gasteiger partial charge in [0.1, 0.15) is 23.7 Å². The van der Waals surface area contributed by atoms with Crippen molar-refractivity contribution in [2.24, 2.45) is 5.41 Å². The first-order valence-corrected chi connectivity index (χ1v) is 43.0. The molecule has 6 fully saturated rings. The van der Waals surface area contributed by atoms with E-state index in [9.17, 15) is 57.5 Å². The minimum Gasteiger partial charge on any atom is -0.351 e. The number of rotatable bonds is 26. The summed E-state index contributed by atoms with van der Waals surface area (Å²) in [5.74, 6) is -4.68. The van der Waals surface area contributed by atoms with Crippen molar-refractivity contribution in [1.29, 1.82) is 0 Å². The van der Waals surface area contributed by atoms with Gasteiger partial charge in [0.2, 0.25) is 23.6 Å². The molecule has 4 aliphatic heterocycles. The molecule has 2 aliphatic carbocycles. The molecule has 6 aliphatic rings. The predicted octanol–water partition coefficient (Wildman–Crippen LogP) is 10.6. The third-order valence-electron chi connectivity index (χ3n) is 22.7. The number of nitrogens with zero attached hydrogens (tertiary/aromatic N) is 4. The van der Waals surface area contributed by atoms with Gasteiger partial charge in [0.05, 0.1) is 0 Å². The van der Waals surface area contributed by atoms with Crippen molar-refractivity contribution < 1.29 is 57.5 Å². The van der Waals surface area contributed by atoms with E-state index in [-0.39, 0.29) is 66.0 Å². The fraction of sp³-hybridized carbons (Fsp3) is 0.443. The largest absolute Gasteiger partial charge is 0.351 e. The Morgan fingerprint density at radius 1 is 0.438 bits per heavy atom. The summed E-state index contributed by atoms with van der Waals surface area (Å²) in [7, 11) is 0. The van der Waals surface area contributed by atoms with Gasteiger partial charge in [-0.05, 0) is 124 Å². The summed E-state index contributed by atoms with van der Waals surface area (Å²) in [5.41, 5.74) is 5.05. The summed E-state index contributed by atoms with van der Waals surface area (Å²) in [6.07, 6.45) is 14.7. The molecule has 0 aromatic heterocycles. The Hall–Kier alpha value is -11.8. The van der Waals surface area contributed by atoms with Crippen LogP contribution in [-0.4, -0.2) is 169 Å². The first-order valence-electron chi connectivity index (χ1n) is 43.0. The van der Waals surface area contributed by atoms with Crippen molar-refractivity contribution in [2.75, 3.05) is 13.1 Å². The van der Waals surface area contributed by atoms with E-state index < -0.39 is 94.7 Å². The fourth-order valence-electron chi connectivity index (χ4n) is 17.1. The van der Waals surface area contributed by atoms with E-state index in [2.05, 4.69) is 70.2 Å². The summed E-state index contributed by atoms with van der Waals surface area (Å²) in [5, 5.41) is 22.9. The average molecular weight is 1650 g/mol. The van der Waals surface area contributed by atoms with Crippen molar-refractivity contribution in [2.45, 2.75) is 256 Å². The molecule has 121 heavy (non-hydrogen) atoms. The summed E-state index contributed by atoms with van der Waals surface area (Å²) in [6.45, 7) is 18.7. The number of piperazine rings is 4. The van der Waals surface area contributed by atoms with Crippen LogP contribution in [0.25, 0.3) is 0 Å². The first-order chi connectivity index (χ1) is 58.0. The zero-order chi connectivity index (χ0) is 86.8. The number of nitrogens with one attached hydrogen (secondary N) is 8. The lowest BCUT2D eigenvalue weighted by Crippen LogP contribution is -2.72. The van der Waals surface area contributed by atoms with Gasteiger partial charge in [-0.25, -0.2) is 0 Å². The molecule has 0 spiro atoms. The van der Waals surface area contributed by atoms with Gasteiger partial charge in [-0.3, -0.25) is 57.5 Å². The molecular weight excluding hydrogens is 1530 g/mol. The molecule has 7 atom stereocenters. The van der Waals surface area contributed by atoms with E-state index in [0.29, 0.717) is 32.5 Å². The lowest BCUT2D eigenvalue weighted by Gasteiger charge is -2.43. The van der Waals surface area contributed by atoms with E-state index in [4.69, 9.17) is 0 Å². The Kier molecular flexibility index (Phi) is 32.8. The molecule has 4 saturated heterocycles. The Bertz CT molecular complexity index is 4580. The molecule has 642 valence electrons. The SMILES string of the molecule is CC(C)(C)CC(C)(C)NC(=O)C1C(=O)NC(C)(C)C(=O)N1CCc1ccccc1.CCCCCN1C(=O)C(C)NC(=O)C1C(=O)NCc1ccccc1.O=C(NC1CCCCC1)C1C(=O)NC(C(c2ccccc2)c2ccccc2)C(=O)N1Cc1ccccc1.O=C(NC1CCCCC1)C1C(=O)NC(Cc2ccccc2)C(=O)N1Cc1ccccc1. The molecule has 7 unspecified atom stereocenters. The molecule has 7 aromatic rings. The first kappa shape index (κ1) is 91.5. The van der Waals surface area contributed by atoms with Crippen LogP contribution in [-0.2, 0) is 90.0 Å². The quantitative estimate of drug-likeness (QED) is 0.0185. The normalized spacial score (nSPS) is 20.8. The van der Waals surface area contributed by atoms with Crippen LogP contribution in [0.4, 0.5) is 0 Å². The Morgan fingerprint density at radius 3 is 1.32 bits per heavy atom. The van der Waals surface area contributed by atoms with E-state index in [1.165, 1.54) is 26.0 Å². The van der Waals surface area contributed by atoms with Crippen molar-refractivity contribution in [1.82, 2.24) is 62.1 Å². The lowest BCUT2D eigenvalue weighted by molar-refractivity contribution is -0.158. The highest BCUT2D eigenvalue weighted by Gasteiger charge is 2.52. The standard InChI is InChI=1S/C31H33N3O3.C25H29N3O3.C23H35N3O3.C18H25N3O3/c35-29(32-25-19-11-4-12-20-25)28-30(36)33-27(31(37)34(28)21-22-13-5-1-6-14-22)26(23-15-7-2-8-16-23)24-17-9-3-10-18-24;29-23(26-20-14-8-3-9-15-20)22-24(30)27-21(16-18-10-4-1-5-11-18)25(31)28(22)17-19-12-6-2-7-13-19;1-21(2,3)15-22(4,5)24-18(27)17-19(28)25-23(6,7)20(29)26(17)14-13-16-11-9-8-10-12-16;1-3-4-8-11-21-15(17(23)20-13(2)18(21)24)16(22)19-12-14-9-6-5-7-10-14/h1-3,5-10,13-18,25-28H,4,11-12,19-21H2,(H,32,35)(H,33,36);1-2,4-7,10-13,20-22H,3,8-9,14-17H2,(H,26,29)(H,27,30);8-12,17H,13-15H2,1-7H3,(H,24,27)(H,25,28);5-7,9-10,13,15H,3-4,8,11-12H2,1-2H3,(H,19,22)(H,20,23). The summed E-state index contributed by atoms with van der Waals surface area (Å²) in [6, 6.07) is 60.7. The molecular formula is C97H122N12O12. The Morgan fingerprint density at radius 2 is 0.851 bits per heavy atom. The molecule has 13 rings (SSSR count). The van der Waals surface area contributed by atoms with Crippen molar-refractivity contribution in [3.63, 3.8) is 0 Å². The van der Waals surface area contributed by atoms with Gasteiger partial charge >= 0.3 is 0 Å². The van der Waals surface area contributed by atoms with Crippen molar-refractivity contribution in [3.05, 3.63) is 251 Å². The Balaban J connectivity index is 0.000000171. The number of amides is 12. The van der Waals surface area contributed by atoms with Gasteiger partial charge in [0, 0.05) is 62.7 Å². The van der Waals surface area contributed by atoms with Crippen LogP contribution in [0.5, 0.6) is 0 Å². The van der Waals surface area contributed by atoms with Crippen LogP contribution in [0.3, 0.4) is 0 Å². The van der Waals surface area contributed by atoms with Gasteiger partial charge in [-0.2, -0.15) is 0 Å². The van der Waals surface area contributed by atoms with Gasteiger partial charge in [0.25, 0.3) is 47.3 Å². The minimum absolute atomic E-state index is 0.0103. The maximum absolute atomic E-state index is 14.2. The van der Waals surface area contributed by atoms with Gasteiger partial charge in [0.15, 0.2) is 24.2 Å². The maximum Gasteiger partial charge on any atom is 0.253 e. The third kappa shape index (κ3) is 25.9. The predicted molar refractivity (Wildman–Crippen MR) is 465 cm³/mol. The number of hydrogen-bond acceptors (Lipinski definition) is 12. The summed E-state index contributed by atoms with van der Waals surface area (Å²) >= 11 is 0. The van der Waals surface area contributed by atoms with Crippen LogP contribution in [0.1, 0.15) is 197 Å². The molecule has 12 amide bonds. The number of unbranched alkanes of at least 4 members (excludes halogenated alkanes) is 2. The highest BCUT2D eigenvalue weighted by atomic mass is 16.2. The highest BCUT2D eigenvalue weighted by molar-refractivity contribution is 6.14. The van der Waals surface area contributed by atoms with Gasteiger partial charge in [-0.1, -0.05) is 291 Å². The highest BCUT2D eigenvalue weighted by Crippen LogP contribution is 2.34. The zero-order valence-electron chi connectivity index (χ0n) is 71.5. The molecule has 24 nitrogen and oxygen atoms in total. The summed E-state index contributed by atoms with van der Waals surface area (Å²) < 4.78 is 0. The topological polar surface area (TPSA) is 314 Å². The molecule has 2 saturated carbocycles. The van der Waals surface area contributed by atoms with E-state index in [0.717, 1.165) is 122 Å². The summed E-state index contributed by atoms with van der Waals surface area (Å²) in [4.78, 5) is 163. The molecule has 7 aromatic carbocycles. The minimum atomic E-state index is -1.21. The number of hydrogen-bond donors (Lipinski definition) is 8. The number of carbonyl (C=O) groups excluding carboxylic acids is 12. The van der Waals surface area contributed by atoms with Crippen LogP contribution < -0.4 is 42.5 Å². The number of benzene rings is 7. The second-order valence-corrected chi connectivity index (χ2v) is 34.9. The van der Waals surface area contributed by atoms with Crippen LogP contribution in [0, 0.1) is 5.41 Å². The van der Waals surface area contributed by atoms with Crippen LogP contribution in [0.15, 0.2) is 212 Å². The van der Waals surface area contributed by atoms with Crippen molar-refractivity contribution >= 4 is 70.9 Å². The molecule has 4 heterocycles. The monoisotopic (exact) mass is 1650 g/mol. The zero-order valence-corrected chi connectivity index (χ0v) is 71.5. The molecule has 0 radical (unpaired) electrons. The van der Waals surface area contributed by atoms with Crippen LogP contribution in [0.2, 0.25) is 0 Å². The Labute approximate surface area is 712 Å². The molecule has 24 heteroatoms. The second-order valence-electron chi connectivity index (χ2n) is 34.9. The maximum atomic E-state index is 14.2. The number of carbonyl (C=O) groups is 12. The smallest absolute Gasteiger partial charge is 0.253 e. The molecule has 8 N–H and O–H groups in total. The van der Waals surface area contributed by atoms with Gasteiger partial charge in [-0.15, -0.1) is 0 Å². The average Bonchev–Trinajstić information content (AvgIpc) is 0.766.